The minimum atomic E-state index is -1.20. The van der Waals surface area contributed by atoms with E-state index in [1.54, 1.807) is 12.1 Å². The molecule has 0 spiro atoms. The summed E-state index contributed by atoms with van der Waals surface area (Å²) in [4.78, 5) is 12.8. The van der Waals surface area contributed by atoms with Gasteiger partial charge >= 0.3 is 5.97 Å². The number of aliphatic hydroxyl groups excluding tert-OH is 2. The highest BCUT2D eigenvalue weighted by atomic mass is 16.7. The topological polar surface area (TPSA) is 94.5 Å². The number of benzene rings is 2. The molecule has 0 amide bonds. The molecule has 4 atom stereocenters. The van der Waals surface area contributed by atoms with Crippen LogP contribution in [0, 0.1) is 0 Å². The number of hydrogen-bond donors (Lipinski definition) is 2. The fourth-order valence-electron chi connectivity index (χ4n) is 3.84. The summed E-state index contributed by atoms with van der Waals surface area (Å²) in [6.07, 6.45) is 0.0762. The Balaban J connectivity index is 1.60. The Morgan fingerprint density at radius 2 is 1.93 bits per heavy atom. The predicted molar refractivity (Wildman–Crippen MR) is 96.4 cm³/mol. The molecular formula is C21H18O7. The van der Waals surface area contributed by atoms with Gasteiger partial charge in [-0.2, -0.15) is 0 Å². The second-order valence-electron chi connectivity index (χ2n) is 6.94. The van der Waals surface area contributed by atoms with Crippen molar-refractivity contribution in [2.24, 2.45) is 0 Å². The first-order valence-corrected chi connectivity index (χ1v) is 9.02. The van der Waals surface area contributed by atoms with Crippen LogP contribution in [0.2, 0.25) is 0 Å². The molecule has 3 aliphatic rings. The molecule has 0 unspecified atom stereocenters. The number of carbonyl (C=O) groups excluding carboxylic acids is 1. The van der Waals surface area contributed by atoms with E-state index in [9.17, 15) is 15.0 Å². The number of fused-ring (bicyclic) bond motifs is 4. The summed E-state index contributed by atoms with van der Waals surface area (Å²) in [5.41, 5.74) is 1.82. The molecule has 0 radical (unpaired) electrons. The van der Waals surface area contributed by atoms with E-state index in [-0.39, 0.29) is 24.7 Å². The molecule has 7 heteroatoms. The van der Waals surface area contributed by atoms with Gasteiger partial charge in [0.05, 0.1) is 0 Å². The first kappa shape index (κ1) is 17.1. The highest BCUT2D eigenvalue weighted by Crippen LogP contribution is 2.50. The summed E-state index contributed by atoms with van der Waals surface area (Å²) < 4.78 is 22.5. The SMILES string of the molecule is O=C1O[C@H]2[C@H](O)[C@H](O)C=C[C@H]2c2cc3c(c(OCc4ccccc4)c21)OCO3. The van der Waals surface area contributed by atoms with Gasteiger partial charge in [0, 0.05) is 5.92 Å². The normalized spacial score (nSPS) is 27.0. The number of carbonyl (C=O) groups is 1. The van der Waals surface area contributed by atoms with E-state index >= 15 is 0 Å². The number of ether oxygens (including phenoxy) is 4. The lowest BCUT2D eigenvalue weighted by Crippen LogP contribution is -2.47. The van der Waals surface area contributed by atoms with Crippen LogP contribution in [0.4, 0.5) is 0 Å². The van der Waals surface area contributed by atoms with Gasteiger partial charge in [0.15, 0.2) is 11.5 Å². The Morgan fingerprint density at radius 3 is 2.75 bits per heavy atom. The van der Waals surface area contributed by atoms with Crippen molar-refractivity contribution in [2.45, 2.75) is 30.8 Å². The number of hydrogen-bond acceptors (Lipinski definition) is 7. The van der Waals surface area contributed by atoms with E-state index in [0.29, 0.717) is 17.1 Å². The molecule has 0 saturated heterocycles. The second kappa shape index (κ2) is 6.54. The number of esters is 1. The minimum Gasteiger partial charge on any atom is -0.484 e. The van der Waals surface area contributed by atoms with Crippen molar-refractivity contribution in [3.63, 3.8) is 0 Å². The Hall–Kier alpha value is -3.03. The Bertz CT molecular complexity index is 953. The summed E-state index contributed by atoms with van der Waals surface area (Å²) in [5.74, 6) is 0.0693. The van der Waals surface area contributed by atoms with Gasteiger partial charge in [0.25, 0.3) is 0 Å². The molecule has 2 aromatic rings. The molecule has 144 valence electrons. The number of aliphatic hydroxyl groups is 2. The third-order valence-electron chi connectivity index (χ3n) is 5.24. The van der Waals surface area contributed by atoms with Crippen LogP contribution in [-0.4, -0.2) is 41.3 Å². The van der Waals surface area contributed by atoms with Crippen molar-refractivity contribution in [1.82, 2.24) is 0 Å². The van der Waals surface area contributed by atoms with Crippen LogP contribution in [-0.2, 0) is 11.3 Å². The Kier molecular flexibility index (Phi) is 3.99. The molecule has 0 aromatic heterocycles. The summed E-state index contributed by atoms with van der Waals surface area (Å²) in [7, 11) is 0. The van der Waals surface area contributed by atoms with Crippen molar-refractivity contribution in [3.8, 4) is 17.2 Å². The zero-order valence-electron chi connectivity index (χ0n) is 14.8. The maximum atomic E-state index is 12.8. The summed E-state index contributed by atoms with van der Waals surface area (Å²) in [6, 6.07) is 11.3. The summed E-state index contributed by atoms with van der Waals surface area (Å²) in [6.45, 7) is 0.270. The van der Waals surface area contributed by atoms with Crippen LogP contribution >= 0.6 is 0 Å². The fraction of sp³-hybridized carbons (Fsp3) is 0.286. The maximum absolute atomic E-state index is 12.8. The van der Waals surface area contributed by atoms with Gasteiger partial charge in [0.2, 0.25) is 12.5 Å². The van der Waals surface area contributed by atoms with Crippen molar-refractivity contribution < 1.29 is 34.0 Å². The molecule has 2 N–H and O–H groups in total. The van der Waals surface area contributed by atoms with Crippen molar-refractivity contribution >= 4 is 5.97 Å². The van der Waals surface area contributed by atoms with Crippen molar-refractivity contribution in [3.05, 3.63) is 65.2 Å². The lowest BCUT2D eigenvalue weighted by molar-refractivity contribution is -0.0706. The molecule has 7 nitrogen and oxygen atoms in total. The van der Waals surface area contributed by atoms with Gasteiger partial charge in [-0.3, -0.25) is 0 Å². The molecule has 0 bridgehead atoms. The van der Waals surface area contributed by atoms with E-state index in [2.05, 4.69) is 0 Å². The standard InChI is InChI=1S/C21H18O7/c22-14-7-6-12-13-8-15-19(27-10-26-15)20(25-9-11-4-2-1-3-5-11)16(13)21(24)28-18(12)17(14)23/h1-8,12,14,17-18,22-23H,9-10H2/t12-,14+,17+,18+/m0/s1. The predicted octanol–water partition coefficient (Wildman–Crippen LogP) is 1.91. The zero-order valence-corrected chi connectivity index (χ0v) is 14.8. The second-order valence-corrected chi connectivity index (χ2v) is 6.94. The monoisotopic (exact) mass is 382 g/mol. The van der Waals surface area contributed by atoms with E-state index in [0.717, 1.165) is 5.56 Å². The Labute approximate surface area is 160 Å². The lowest BCUT2D eigenvalue weighted by Gasteiger charge is -2.38. The highest BCUT2D eigenvalue weighted by molar-refractivity contribution is 5.98. The number of rotatable bonds is 3. The van der Waals surface area contributed by atoms with Gasteiger partial charge in [-0.1, -0.05) is 42.5 Å². The molecule has 0 saturated carbocycles. The quantitative estimate of drug-likeness (QED) is 0.619. The Morgan fingerprint density at radius 1 is 1.11 bits per heavy atom. The molecule has 1 aliphatic carbocycles. The average molecular weight is 382 g/mol. The fourth-order valence-corrected chi connectivity index (χ4v) is 3.84. The van der Waals surface area contributed by atoms with E-state index < -0.39 is 30.2 Å². The maximum Gasteiger partial charge on any atom is 0.342 e. The molecule has 2 heterocycles. The third kappa shape index (κ3) is 2.63. The summed E-state index contributed by atoms with van der Waals surface area (Å²) >= 11 is 0. The van der Waals surface area contributed by atoms with Gasteiger partial charge in [0.1, 0.15) is 30.5 Å². The van der Waals surface area contributed by atoms with E-state index in [1.165, 1.54) is 6.08 Å². The molecular weight excluding hydrogens is 364 g/mol. The summed E-state index contributed by atoms with van der Waals surface area (Å²) in [5, 5.41) is 20.1. The minimum absolute atomic E-state index is 0.0280. The van der Waals surface area contributed by atoms with Crippen LogP contribution in [0.25, 0.3) is 0 Å². The van der Waals surface area contributed by atoms with Crippen molar-refractivity contribution in [2.75, 3.05) is 6.79 Å². The van der Waals surface area contributed by atoms with E-state index in [4.69, 9.17) is 18.9 Å². The van der Waals surface area contributed by atoms with Gasteiger partial charge in [-0.25, -0.2) is 4.79 Å². The van der Waals surface area contributed by atoms with Crippen molar-refractivity contribution in [1.29, 1.82) is 0 Å². The molecule has 28 heavy (non-hydrogen) atoms. The third-order valence-corrected chi connectivity index (χ3v) is 5.24. The van der Waals surface area contributed by atoms with Gasteiger partial charge in [-0.05, 0) is 17.2 Å². The van der Waals surface area contributed by atoms with Crippen LogP contribution in [0.15, 0.2) is 48.6 Å². The van der Waals surface area contributed by atoms with Crippen LogP contribution in [0.1, 0.15) is 27.4 Å². The average Bonchev–Trinajstić information content (AvgIpc) is 3.18. The van der Waals surface area contributed by atoms with Gasteiger partial charge in [-0.15, -0.1) is 0 Å². The first-order valence-electron chi connectivity index (χ1n) is 9.02. The van der Waals surface area contributed by atoms with Gasteiger partial charge < -0.3 is 29.2 Å². The lowest BCUT2D eigenvalue weighted by atomic mass is 9.79. The molecule has 5 rings (SSSR count). The molecule has 0 fully saturated rings. The zero-order chi connectivity index (χ0) is 19.3. The first-order chi connectivity index (χ1) is 13.6. The van der Waals surface area contributed by atoms with Crippen LogP contribution in [0.5, 0.6) is 17.2 Å². The van der Waals surface area contributed by atoms with Crippen LogP contribution < -0.4 is 14.2 Å². The largest absolute Gasteiger partial charge is 0.484 e. The molecule has 2 aliphatic heterocycles. The van der Waals surface area contributed by atoms with E-state index in [1.807, 2.05) is 30.3 Å². The molecule has 2 aromatic carbocycles. The highest BCUT2D eigenvalue weighted by Gasteiger charge is 2.46. The van der Waals surface area contributed by atoms with Crippen LogP contribution in [0.3, 0.4) is 0 Å². The smallest absolute Gasteiger partial charge is 0.342 e.